The molecule has 2 aliphatic heterocycles. The minimum Gasteiger partial charge on any atom is -0.480 e. The van der Waals surface area contributed by atoms with Crippen molar-refractivity contribution in [2.75, 3.05) is 25.1 Å². The molecule has 0 aliphatic carbocycles. The third-order valence-electron chi connectivity index (χ3n) is 6.80. The van der Waals surface area contributed by atoms with Gasteiger partial charge in [0.05, 0.1) is 0 Å². The largest absolute Gasteiger partial charge is 0.480 e. The number of fused-ring (bicyclic) bond motifs is 1. The van der Waals surface area contributed by atoms with E-state index in [9.17, 15) is 27.9 Å². The number of carbonyl (C=O) groups excluding carboxylic acids is 1. The van der Waals surface area contributed by atoms with Gasteiger partial charge in [0.1, 0.15) is 17.3 Å². The highest BCUT2D eigenvalue weighted by atomic mass is 19.4. The molecule has 2 aliphatic rings. The molecule has 1 fully saturated rings. The number of carboxylic acids is 1. The van der Waals surface area contributed by atoms with Crippen LogP contribution in [0, 0.1) is 5.41 Å². The van der Waals surface area contributed by atoms with Crippen molar-refractivity contribution in [3.8, 4) is 0 Å². The molecule has 34 heavy (non-hydrogen) atoms. The Bertz CT molecular complexity index is 841. The van der Waals surface area contributed by atoms with E-state index in [1.165, 1.54) is 5.56 Å². The quantitative estimate of drug-likeness (QED) is 0.405. The number of hydrogen-bond donors (Lipinski definition) is 3. The summed E-state index contributed by atoms with van der Waals surface area (Å²) in [4.78, 5) is 28.8. The first-order chi connectivity index (χ1) is 16.2. The number of hydrogen-bond acceptors (Lipinski definition) is 5. The van der Waals surface area contributed by atoms with Crippen LogP contribution in [0.2, 0.25) is 0 Å². The first kappa shape index (κ1) is 26.2. The van der Waals surface area contributed by atoms with E-state index >= 15 is 0 Å². The van der Waals surface area contributed by atoms with Crippen LogP contribution in [0.25, 0.3) is 0 Å². The summed E-state index contributed by atoms with van der Waals surface area (Å²) in [5, 5.41) is 14.9. The fourth-order valence-corrected chi connectivity index (χ4v) is 4.61. The highest BCUT2D eigenvalue weighted by Gasteiger charge is 2.60. The number of aromatic nitrogens is 1. The summed E-state index contributed by atoms with van der Waals surface area (Å²) in [6.07, 6.45) is 1.45. The van der Waals surface area contributed by atoms with Crippen LogP contribution in [0.3, 0.4) is 0 Å². The second-order valence-electron chi connectivity index (χ2n) is 9.20. The first-order valence-electron chi connectivity index (χ1n) is 12.1. The molecular weight excluding hydrogens is 451 g/mol. The molecule has 3 N–H and O–H groups in total. The zero-order chi connectivity index (χ0) is 24.6. The van der Waals surface area contributed by atoms with E-state index < -0.39 is 42.4 Å². The van der Waals surface area contributed by atoms with E-state index in [1.807, 2.05) is 0 Å². The molecule has 0 aromatic carbocycles. The van der Waals surface area contributed by atoms with Crippen molar-refractivity contribution in [3.63, 3.8) is 0 Å². The molecule has 0 spiro atoms. The Hall–Kier alpha value is -2.36. The highest BCUT2D eigenvalue weighted by molar-refractivity contribution is 5.88. The number of unbranched alkanes of at least 4 members (excludes halogenated alkanes) is 4. The smallest absolute Gasteiger partial charge is 0.403 e. The van der Waals surface area contributed by atoms with E-state index in [0.717, 1.165) is 63.0 Å². The number of rotatable bonds is 11. The number of amides is 1. The van der Waals surface area contributed by atoms with Gasteiger partial charge in [-0.05, 0) is 56.6 Å². The van der Waals surface area contributed by atoms with Gasteiger partial charge in [0.15, 0.2) is 0 Å². The maximum absolute atomic E-state index is 13.7. The Morgan fingerprint density at radius 3 is 2.56 bits per heavy atom. The van der Waals surface area contributed by atoms with Crippen molar-refractivity contribution < 1.29 is 32.6 Å². The lowest BCUT2D eigenvalue weighted by Crippen LogP contribution is -2.56. The SMILES string of the molecule is O=C(O)[C@H](CCCCCCCc1ccc2c(n1)NCCC2)NC(=O)C1(C(F)(F)F)CCOCC1. The lowest BCUT2D eigenvalue weighted by atomic mass is 9.78. The van der Waals surface area contributed by atoms with Gasteiger partial charge in [-0.1, -0.05) is 31.7 Å². The first-order valence-corrected chi connectivity index (χ1v) is 12.1. The van der Waals surface area contributed by atoms with Crippen LogP contribution in [0.1, 0.15) is 69.0 Å². The number of pyridine rings is 1. The minimum absolute atomic E-state index is 0.101. The maximum atomic E-state index is 13.7. The van der Waals surface area contributed by atoms with Crippen LogP contribution < -0.4 is 10.6 Å². The van der Waals surface area contributed by atoms with Gasteiger partial charge in [-0.15, -0.1) is 0 Å². The number of nitrogens with one attached hydrogen (secondary N) is 2. The Morgan fingerprint density at radius 2 is 1.85 bits per heavy atom. The molecule has 3 heterocycles. The molecule has 7 nitrogen and oxygen atoms in total. The molecule has 1 amide bonds. The number of nitrogens with zero attached hydrogens (tertiary/aromatic N) is 1. The van der Waals surface area contributed by atoms with Gasteiger partial charge in [-0.25, -0.2) is 9.78 Å². The molecule has 10 heteroatoms. The monoisotopic (exact) mass is 485 g/mol. The molecule has 0 saturated carbocycles. The van der Waals surface area contributed by atoms with Crippen molar-refractivity contribution in [1.82, 2.24) is 10.3 Å². The van der Waals surface area contributed by atoms with Crippen LogP contribution in [0.5, 0.6) is 0 Å². The van der Waals surface area contributed by atoms with E-state index in [2.05, 4.69) is 27.8 Å². The molecule has 1 saturated heterocycles. The van der Waals surface area contributed by atoms with Crippen molar-refractivity contribution in [2.24, 2.45) is 5.41 Å². The lowest BCUT2D eigenvalue weighted by molar-refractivity contribution is -0.240. The Morgan fingerprint density at radius 1 is 1.15 bits per heavy atom. The van der Waals surface area contributed by atoms with Crippen LogP contribution in [-0.2, 0) is 27.2 Å². The van der Waals surface area contributed by atoms with E-state index in [4.69, 9.17) is 4.74 Å². The van der Waals surface area contributed by atoms with E-state index in [-0.39, 0.29) is 19.6 Å². The lowest BCUT2D eigenvalue weighted by Gasteiger charge is -2.37. The number of ether oxygens (including phenoxy) is 1. The number of halogens is 3. The van der Waals surface area contributed by atoms with Gasteiger partial charge in [0.25, 0.3) is 0 Å². The summed E-state index contributed by atoms with van der Waals surface area (Å²) in [6.45, 7) is 0.594. The van der Waals surface area contributed by atoms with Crippen molar-refractivity contribution in [2.45, 2.75) is 82.8 Å². The molecule has 3 rings (SSSR count). The molecule has 0 radical (unpaired) electrons. The second kappa shape index (κ2) is 11.9. The summed E-state index contributed by atoms with van der Waals surface area (Å²) < 4.78 is 46.0. The summed E-state index contributed by atoms with van der Waals surface area (Å²) >= 11 is 0. The van der Waals surface area contributed by atoms with Crippen LogP contribution >= 0.6 is 0 Å². The fourth-order valence-electron chi connectivity index (χ4n) is 4.61. The third-order valence-corrected chi connectivity index (χ3v) is 6.80. The summed E-state index contributed by atoms with van der Waals surface area (Å²) in [5.41, 5.74) is -0.277. The standard InChI is InChI=1S/C24H34F3N3O4/c25-24(26,27)23(12-15-34-16-13-23)22(33)30-19(21(31)32)9-5-3-1-2-4-8-18-11-10-17-7-6-14-28-20(17)29-18/h10-11,19H,1-9,12-16H2,(H,28,29)(H,30,33)(H,31,32)/t19-/m0/s1. The molecule has 0 bridgehead atoms. The number of alkyl halides is 3. The second-order valence-corrected chi connectivity index (χ2v) is 9.20. The van der Waals surface area contributed by atoms with Gasteiger partial charge in [-0.2, -0.15) is 13.2 Å². The maximum Gasteiger partial charge on any atom is 0.403 e. The van der Waals surface area contributed by atoms with Gasteiger partial charge < -0.3 is 20.5 Å². The summed E-state index contributed by atoms with van der Waals surface area (Å²) in [5.74, 6) is -1.59. The molecule has 0 unspecified atom stereocenters. The zero-order valence-electron chi connectivity index (χ0n) is 19.4. The summed E-state index contributed by atoms with van der Waals surface area (Å²) in [6, 6.07) is 2.87. The topological polar surface area (TPSA) is 101 Å². The Kier molecular flexibility index (Phi) is 9.16. The Labute approximate surface area is 197 Å². The van der Waals surface area contributed by atoms with Crippen molar-refractivity contribution in [3.05, 3.63) is 23.4 Å². The number of aliphatic carboxylic acids is 1. The van der Waals surface area contributed by atoms with Gasteiger partial charge in [-0.3, -0.25) is 4.79 Å². The zero-order valence-corrected chi connectivity index (χ0v) is 19.4. The third kappa shape index (κ3) is 6.61. The molecular formula is C24H34F3N3O4. The van der Waals surface area contributed by atoms with Crippen LogP contribution in [0.15, 0.2) is 12.1 Å². The normalized spacial score (nSPS) is 18.4. The minimum atomic E-state index is -4.76. The average molecular weight is 486 g/mol. The van der Waals surface area contributed by atoms with Crippen LogP contribution in [0.4, 0.5) is 19.0 Å². The van der Waals surface area contributed by atoms with Gasteiger partial charge >= 0.3 is 12.1 Å². The number of aryl methyl sites for hydroxylation is 2. The molecule has 1 atom stereocenters. The molecule has 190 valence electrons. The number of carboxylic acid groups (broad SMARTS) is 1. The molecule has 1 aromatic heterocycles. The predicted molar refractivity (Wildman–Crippen MR) is 121 cm³/mol. The van der Waals surface area contributed by atoms with Crippen molar-refractivity contribution in [1.29, 1.82) is 0 Å². The predicted octanol–water partition coefficient (Wildman–Crippen LogP) is 4.25. The summed E-state index contributed by atoms with van der Waals surface area (Å²) in [7, 11) is 0. The van der Waals surface area contributed by atoms with Gasteiger partial charge in [0.2, 0.25) is 5.91 Å². The highest BCUT2D eigenvalue weighted by Crippen LogP contribution is 2.46. The van der Waals surface area contributed by atoms with E-state index in [1.54, 1.807) is 0 Å². The number of anilines is 1. The van der Waals surface area contributed by atoms with E-state index in [0.29, 0.717) is 6.42 Å². The van der Waals surface area contributed by atoms with Gasteiger partial charge in [0, 0.05) is 25.5 Å². The van der Waals surface area contributed by atoms with Crippen molar-refractivity contribution >= 4 is 17.7 Å². The Balaban J connectivity index is 1.38. The fraction of sp³-hybridized carbons (Fsp3) is 0.708. The number of carbonyl (C=O) groups is 2. The van der Waals surface area contributed by atoms with Crippen LogP contribution in [-0.4, -0.2) is 53.9 Å². The molecule has 1 aromatic rings. The average Bonchev–Trinajstić information content (AvgIpc) is 2.82.